The molecular weight excluding hydrogens is 250 g/mol. The first kappa shape index (κ1) is 15.3. The van der Waals surface area contributed by atoms with Crippen molar-refractivity contribution >= 4 is 0 Å². The average molecular weight is 277 g/mol. The molecule has 1 aliphatic rings. The van der Waals surface area contributed by atoms with Gasteiger partial charge in [-0.2, -0.15) is 0 Å². The van der Waals surface area contributed by atoms with Crippen molar-refractivity contribution in [3.63, 3.8) is 0 Å². The van der Waals surface area contributed by atoms with E-state index in [0.717, 1.165) is 37.0 Å². The van der Waals surface area contributed by atoms with E-state index in [9.17, 15) is 5.11 Å². The van der Waals surface area contributed by atoms with Crippen LogP contribution in [-0.2, 0) is 5.60 Å². The number of aliphatic hydroxyl groups is 1. The van der Waals surface area contributed by atoms with Gasteiger partial charge >= 0.3 is 0 Å². The molecule has 0 radical (unpaired) electrons. The van der Waals surface area contributed by atoms with Crippen molar-refractivity contribution in [2.24, 2.45) is 11.8 Å². The molecule has 0 bridgehead atoms. The van der Waals surface area contributed by atoms with Crippen molar-refractivity contribution in [3.8, 4) is 5.75 Å². The Morgan fingerprint density at radius 3 is 2.90 bits per heavy atom. The minimum absolute atomic E-state index is 0.305. The lowest BCUT2D eigenvalue weighted by molar-refractivity contribution is -0.0725. The Balaban J connectivity index is 2.27. The van der Waals surface area contributed by atoms with Crippen molar-refractivity contribution < 1.29 is 9.84 Å². The summed E-state index contributed by atoms with van der Waals surface area (Å²) in [6.45, 7) is 7.18. The standard InChI is InChI=1S/C17H27NO2/c1-4-9-20-15-10-14(11-18-12-15)17(19)8-6-5-7-16(17)13(2)3/h10-13,16,19H,4-9H2,1-3H3. The first-order valence-corrected chi connectivity index (χ1v) is 7.88. The molecule has 1 saturated carbocycles. The van der Waals surface area contributed by atoms with Crippen LogP contribution < -0.4 is 4.74 Å². The third-order valence-electron chi connectivity index (χ3n) is 4.43. The quantitative estimate of drug-likeness (QED) is 0.887. The molecule has 1 heterocycles. The number of aromatic nitrogens is 1. The highest BCUT2D eigenvalue weighted by atomic mass is 16.5. The molecule has 0 saturated heterocycles. The van der Waals surface area contributed by atoms with Gasteiger partial charge in [0.05, 0.1) is 18.4 Å². The molecule has 3 heteroatoms. The Hall–Kier alpha value is -1.09. The number of rotatable bonds is 5. The van der Waals surface area contributed by atoms with Crippen LogP contribution in [0.2, 0.25) is 0 Å². The first-order chi connectivity index (χ1) is 9.58. The normalized spacial score (nSPS) is 26.8. The zero-order chi connectivity index (χ0) is 14.6. The predicted molar refractivity (Wildman–Crippen MR) is 80.7 cm³/mol. The third-order valence-corrected chi connectivity index (χ3v) is 4.43. The molecule has 2 unspecified atom stereocenters. The molecule has 1 aromatic rings. The second-order valence-corrected chi connectivity index (χ2v) is 6.28. The van der Waals surface area contributed by atoms with Crippen LogP contribution >= 0.6 is 0 Å². The van der Waals surface area contributed by atoms with Gasteiger partial charge in [-0.05, 0) is 37.2 Å². The Kier molecular flexibility index (Phi) is 5.03. The van der Waals surface area contributed by atoms with Gasteiger partial charge < -0.3 is 9.84 Å². The Labute approximate surface area is 122 Å². The monoisotopic (exact) mass is 277 g/mol. The van der Waals surface area contributed by atoms with E-state index in [1.54, 1.807) is 12.4 Å². The number of pyridine rings is 1. The fourth-order valence-corrected chi connectivity index (χ4v) is 3.38. The number of hydrogen-bond acceptors (Lipinski definition) is 3. The van der Waals surface area contributed by atoms with E-state index in [1.807, 2.05) is 6.07 Å². The van der Waals surface area contributed by atoms with Crippen molar-refractivity contribution in [2.45, 2.75) is 58.5 Å². The predicted octanol–water partition coefficient (Wildman–Crippen LogP) is 3.90. The molecule has 1 aromatic heterocycles. The van der Waals surface area contributed by atoms with Gasteiger partial charge in [-0.3, -0.25) is 4.98 Å². The molecular formula is C17H27NO2. The van der Waals surface area contributed by atoms with Gasteiger partial charge in [0.2, 0.25) is 0 Å². The van der Waals surface area contributed by atoms with Gasteiger partial charge in [0.25, 0.3) is 0 Å². The van der Waals surface area contributed by atoms with Crippen LogP contribution in [-0.4, -0.2) is 16.7 Å². The van der Waals surface area contributed by atoms with Crippen molar-refractivity contribution in [1.82, 2.24) is 4.98 Å². The highest BCUT2D eigenvalue weighted by Gasteiger charge is 2.42. The fourth-order valence-electron chi connectivity index (χ4n) is 3.38. The maximum absolute atomic E-state index is 11.2. The van der Waals surface area contributed by atoms with Crippen LogP contribution in [0.25, 0.3) is 0 Å². The second-order valence-electron chi connectivity index (χ2n) is 6.28. The van der Waals surface area contributed by atoms with Gasteiger partial charge in [-0.15, -0.1) is 0 Å². The van der Waals surface area contributed by atoms with Crippen molar-refractivity contribution in [2.75, 3.05) is 6.61 Å². The second kappa shape index (κ2) is 6.57. The molecule has 2 atom stereocenters. The van der Waals surface area contributed by atoms with Gasteiger partial charge in [0.15, 0.2) is 0 Å². The van der Waals surface area contributed by atoms with E-state index in [1.165, 1.54) is 6.42 Å². The molecule has 1 aliphatic carbocycles. The molecule has 1 N–H and O–H groups in total. The van der Waals surface area contributed by atoms with Gasteiger partial charge in [0.1, 0.15) is 5.75 Å². The first-order valence-electron chi connectivity index (χ1n) is 7.88. The highest BCUT2D eigenvalue weighted by molar-refractivity contribution is 5.29. The molecule has 2 rings (SSSR count). The molecule has 1 fully saturated rings. The Bertz CT molecular complexity index is 433. The minimum Gasteiger partial charge on any atom is -0.492 e. The number of ether oxygens (including phenoxy) is 1. The fraction of sp³-hybridized carbons (Fsp3) is 0.706. The highest BCUT2D eigenvalue weighted by Crippen LogP contribution is 2.45. The smallest absolute Gasteiger partial charge is 0.137 e. The maximum Gasteiger partial charge on any atom is 0.137 e. The summed E-state index contributed by atoms with van der Waals surface area (Å²) in [5, 5.41) is 11.2. The van der Waals surface area contributed by atoms with Crippen molar-refractivity contribution in [1.29, 1.82) is 0 Å². The van der Waals surface area contributed by atoms with Crippen LogP contribution in [0.4, 0.5) is 0 Å². The lowest BCUT2D eigenvalue weighted by Crippen LogP contribution is -2.40. The summed E-state index contributed by atoms with van der Waals surface area (Å²) in [5.74, 6) is 1.55. The summed E-state index contributed by atoms with van der Waals surface area (Å²) in [6, 6.07) is 1.98. The van der Waals surface area contributed by atoms with E-state index in [4.69, 9.17) is 4.74 Å². The van der Waals surface area contributed by atoms with Gasteiger partial charge in [0, 0.05) is 11.8 Å². The van der Waals surface area contributed by atoms with E-state index in [2.05, 4.69) is 25.8 Å². The lowest BCUT2D eigenvalue weighted by Gasteiger charge is -2.42. The summed E-state index contributed by atoms with van der Waals surface area (Å²) in [7, 11) is 0. The number of nitrogens with zero attached hydrogens (tertiary/aromatic N) is 1. The molecule has 3 nitrogen and oxygen atoms in total. The molecule has 112 valence electrons. The van der Waals surface area contributed by atoms with E-state index in [0.29, 0.717) is 18.4 Å². The van der Waals surface area contributed by atoms with Crippen LogP contribution in [0.3, 0.4) is 0 Å². The Morgan fingerprint density at radius 2 is 2.20 bits per heavy atom. The van der Waals surface area contributed by atoms with Crippen LogP contribution in [0, 0.1) is 11.8 Å². The molecule has 0 aliphatic heterocycles. The minimum atomic E-state index is -0.745. The van der Waals surface area contributed by atoms with Gasteiger partial charge in [-0.1, -0.05) is 33.6 Å². The SMILES string of the molecule is CCCOc1cncc(C2(O)CCCCC2C(C)C)c1. The van der Waals surface area contributed by atoms with Crippen molar-refractivity contribution in [3.05, 3.63) is 24.0 Å². The van der Waals surface area contributed by atoms with E-state index >= 15 is 0 Å². The third kappa shape index (κ3) is 3.14. The molecule has 0 spiro atoms. The van der Waals surface area contributed by atoms with Gasteiger partial charge in [-0.25, -0.2) is 0 Å². The summed E-state index contributed by atoms with van der Waals surface area (Å²) < 4.78 is 5.65. The zero-order valence-electron chi connectivity index (χ0n) is 12.9. The molecule has 20 heavy (non-hydrogen) atoms. The molecule has 0 amide bonds. The largest absolute Gasteiger partial charge is 0.492 e. The Morgan fingerprint density at radius 1 is 1.40 bits per heavy atom. The average Bonchev–Trinajstić information content (AvgIpc) is 2.45. The van der Waals surface area contributed by atoms with E-state index in [-0.39, 0.29) is 0 Å². The number of hydrogen-bond donors (Lipinski definition) is 1. The zero-order valence-corrected chi connectivity index (χ0v) is 12.9. The summed E-state index contributed by atoms with van der Waals surface area (Å²) >= 11 is 0. The molecule has 0 aromatic carbocycles. The summed E-state index contributed by atoms with van der Waals surface area (Å²) in [4.78, 5) is 4.27. The van der Waals surface area contributed by atoms with E-state index < -0.39 is 5.60 Å². The summed E-state index contributed by atoms with van der Waals surface area (Å²) in [6.07, 6.45) is 8.73. The summed E-state index contributed by atoms with van der Waals surface area (Å²) in [5.41, 5.74) is 0.176. The van der Waals surface area contributed by atoms with Crippen LogP contribution in [0.1, 0.15) is 58.4 Å². The lowest BCUT2D eigenvalue weighted by atomic mass is 9.67. The topological polar surface area (TPSA) is 42.4 Å². The maximum atomic E-state index is 11.2. The van der Waals surface area contributed by atoms with Crippen LogP contribution in [0.15, 0.2) is 18.5 Å². The van der Waals surface area contributed by atoms with Crippen LogP contribution in [0.5, 0.6) is 5.75 Å².